The molecule has 0 aliphatic heterocycles. The minimum Gasteiger partial charge on any atom is -0.454 e. The van der Waals surface area contributed by atoms with Gasteiger partial charge in [-0.1, -0.05) is 0 Å². The highest BCUT2D eigenvalue weighted by atomic mass is 127. The molecule has 0 spiro atoms. The van der Waals surface area contributed by atoms with Crippen molar-refractivity contribution in [1.82, 2.24) is 15.5 Å². The topological polar surface area (TPSA) is 95.9 Å². The van der Waals surface area contributed by atoms with E-state index in [0.717, 1.165) is 25.6 Å². The lowest BCUT2D eigenvalue weighted by molar-refractivity contribution is 0.0972. The molecule has 1 heterocycles. The van der Waals surface area contributed by atoms with Gasteiger partial charge >= 0.3 is 0 Å². The van der Waals surface area contributed by atoms with E-state index in [-0.39, 0.29) is 29.7 Å². The van der Waals surface area contributed by atoms with Crippen LogP contribution in [0.1, 0.15) is 50.9 Å². The Morgan fingerprint density at radius 3 is 2.36 bits per heavy atom. The highest BCUT2D eigenvalue weighted by Crippen LogP contribution is 2.08. The van der Waals surface area contributed by atoms with Crippen LogP contribution in [0.4, 0.5) is 0 Å². The van der Waals surface area contributed by atoms with E-state index in [1.54, 1.807) is 12.1 Å². The Bertz CT molecular complexity index is 535. The number of furan rings is 1. The molecule has 0 bridgehead atoms. The largest absolute Gasteiger partial charge is 0.454 e. The van der Waals surface area contributed by atoms with Gasteiger partial charge in [0, 0.05) is 31.7 Å². The van der Waals surface area contributed by atoms with E-state index < -0.39 is 5.91 Å². The minimum atomic E-state index is -0.572. The van der Waals surface area contributed by atoms with Gasteiger partial charge in [-0.3, -0.25) is 9.69 Å². The number of rotatable bonds is 9. The number of carbonyl (C=O) groups excluding carboxylic acids is 1. The predicted molar refractivity (Wildman–Crippen MR) is 112 cm³/mol. The Balaban J connectivity index is 0.00000576. The fraction of sp³-hybridized carbons (Fsp3) is 0.647. The standard InChI is InChI=1S/C17H31N5O2.HI/c1-6-19-17(20-9-10-22(12(2)3)13(4)5)21-11-14-7-8-15(24-14)16(18)23;/h7-8,12-13H,6,9-11H2,1-5H3,(H2,18,23)(H2,19,20,21);1H. The van der Waals surface area contributed by atoms with Crippen molar-refractivity contribution in [1.29, 1.82) is 0 Å². The van der Waals surface area contributed by atoms with Crippen LogP contribution in [-0.2, 0) is 6.54 Å². The van der Waals surface area contributed by atoms with Gasteiger partial charge in [-0.05, 0) is 46.8 Å². The Morgan fingerprint density at radius 2 is 1.88 bits per heavy atom. The summed E-state index contributed by atoms with van der Waals surface area (Å²) in [5.41, 5.74) is 5.18. The summed E-state index contributed by atoms with van der Waals surface area (Å²) in [6, 6.07) is 4.28. The summed E-state index contributed by atoms with van der Waals surface area (Å²) in [6.07, 6.45) is 0. The Kier molecular flexibility index (Phi) is 11.5. The number of carbonyl (C=O) groups is 1. The van der Waals surface area contributed by atoms with Crippen molar-refractivity contribution in [3.63, 3.8) is 0 Å². The van der Waals surface area contributed by atoms with Gasteiger partial charge in [0.25, 0.3) is 5.91 Å². The van der Waals surface area contributed by atoms with Crippen molar-refractivity contribution in [3.05, 3.63) is 23.7 Å². The molecule has 0 aromatic carbocycles. The van der Waals surface area contributed by atoms with Gasteiger partial charge in [-0.2, -0.15) is 0 Å². The van der Waals surface area contributed by atoms with Crippen LogP contribution in [-0.4, -0.2) is 48.5 Å². The van der Waals surface area contributed by atoms with Crippen LogP contribution >= 0.6 is 24.0 Å². The Hall–Kier alpha value is -1.29. The number of hydrogen-bond donors (Lipinski definition) is 3. The van der Waals surface area contributed by atoms with E-state index in [0.29, 0.717) is 24.4 Å². The minimum absolute atomic E-state index is 0. The molecule has 4 N–H and O–H groups in total. The zero-order chi connectivity index (χ0) is 18.1. The Labute approximate surface area is 167 Å². The molecule has 0 atom stereocenters. The van der Waals surface area contributed by atoms with Crippen molar-refractivity contribution in [2.45, 2.75) is 53.2 Å². The second-order valence-electron chi connectivity index (χ2n) is 6.18. The zero-order valence-corrected chi connectivity index (χ0v) is 18.2. The second-order valence-corrected chi connectivity index (χ2v) is 6.18. The third-order valence-electron chi connectivity index (χ3n) is 3.63. The molecular weight excluding hydrogens is 433 g/mol. The van der Waals surface area contributed by atoms with Crippen LogP contribution in [0.2, 0.25) is 0 Å². The lowest BCUT2D eigenvalue weighted by atomic mass is 10.2. The zero-order valence-electron chi connectivity index (χ0n) is 15.8. The molecule has 0 saturated carbocycles. The van der Waals surface area contributed by atoms with E-state index in [2.05, 4.69) is 48.2 Å². The molecule has 7 nitrogen and oxygen atoms in total. The number of hydrogen-bond acceptors (Lipinski definition) is 4. The number of nitrogens with two attached hydrogens (primary N) is 1. The third kappa shape index (κ3) is 8.57. The van der Waals surface area contributed by atoms with Gasteiger partial charge in [0.1, 0.15) is 12.3 Å². The lowest BCUT2D eigenvalue weighted by Gasteiger charge is -2.30. The van der Waals surface area contributed by atoms with E-state index in [4.69, 9.17) is 10.2 Å². The molecule has 1 aromatic rings. The van der Waals surface area contributed by atoms with Crippen molar-refractivity contribution in [2.24, 2.45) is 10.7 Å². The molecule has 25 heavy (non-hydrogen) atoms. The molecule has 0 aliphatic carbocycles. The predicted octanol–water partition coefficient (Wildman–Crippen LogP) is 2.17. The van der Waals surface area contributed by atoms with E-state index in [1.165, 1.54) is 0 Å². The quantitative estimate of drug-likeness (QED) is 0.295. The first-order chi connectivity index (χ1) is 11.3. The third-order valence-corrected chi connectivity index (χ3v) is 3.63. The molecule has 0 unspecified atom stereocenters. The molecule has 0 saturated heterocycles. The van der Waals surface area contributed by atoms with Crippen LogP contribution in [0, 0.1) is 0 Å². The van der Waals surface area contributed by atoms with Crippen LogP contribution < -0.4 is 16.4 Å². The first-order valence-electron chi connectivity index (χ1n) is 8.51. The normalized spacial score (nSPS) is 11.8. The van der Waals surface area contributed by atoms with Crippen molar-refractivity contribution >= 4 is 35.8 Å². The monoisotopic (exact) mass is 465 g/mol. The molecular formula is C17H32IN5O2. The van der Waals surface area contributed by atoms with E-state index in [9.17, 15) is 4.79 Å². The highest BCUT2D eigenvalue weighted by molar-refractivity contribution is 14.0. The van der Waals surface area contributed by atoms with Gasteiger partial charge in [0.15, 0.2) is 11.7 Å². The first kappa shape index (κ1) is 23.7. The number of nitrogens with one attached hydrogen (secondary N) is 2. The molecule has 0 fully saturated rings. The molecule has 0 radical (unpaired) electrons. The SMILES string of the molecule is CCNC(=NCc1ccc(C(N)=O)o1)NCCN(C(C)C)C(C)C.I. The van der Waals surface area contributed by atoms with Crippen LogP contribution in [0.5, 0.6) is 0 Å². The fourth-order valence-corrected chi connectivity index (χ4v) is 2.51. The summed E-state index contributed by atoms with van der Waals surface area (Å²) in [5.74, 6) is 0.911. The molecule has 8 heteroatoms. The highest BCUT2D eigenvalue weighted by Gasteiger charge is 2.12. The maximum absolute atomic E-state index is 11.0. The van der Waals surface area contributed by atoms with Gasteiger partial charge < -0.3 is 20.8 Å². The summed E-state index contributed by atoms with van der Waals surface area (Å²) in [5, 5.41) is 6.53. The maximum atomic E-state index is 11.0. The molecule has 144 valence electrons. The first-order valence-corrected chi connectivity index (χ1v) is 8.51. The number of nitrogens with zero attached hydrogens (tertiary/aromatic N) is 2. The molecule has 1 amide bonds. The average molecular weight is 465 g/mol. The molecule has 0 aliphatic rings. The summed E-state index contributed by atoms with van der Waals surface area (Å²) >= 11 is 0. The number of aliphatic imine (C=N–C) groups is 1. The lowest BCUT2D eigenvalue weighted by Crippen LogP contribution is -2.45. The smallest absolute Gasteiger partial charge is 0.284 e. The van der Waals surface area contributed by atoms with Crippen LogP contribution in [0.15, 0.2) is 21.5 Å². The van der Waals surface area contributed by atoms with Crippen LogP contribution in [0.3, 0.4) is 0 Å². The summed E-state index contributed by atoms with van der Waals surface area (Å²) < 4.78 is 5.33. The summed E-state index contributed by atoms with van der Waals surface area (Å²) in [7, 11) is 0. The number of halogens is 1. The average Bonchev–Trinajstić information content (AvgIpc) is 2.97. The number of primary amides is 1. The van der Waals surface area contributed by atoms with Gasteiger partial charge in [0.05, 0.1) is 0 Å². The van der Waals surface area contributed by atoms with Gasteiger partial charge in [-0.25, -0.2) is 4.99 Å². The number of guanidine groups is 1. The summed E-state index contributed by atoms with van der Waals surface area (Å²) in [4.78, 5) is 17.9. The van der Waals surface area contributed by atoms with Gasteiger partial charge in [0.2, 0.25) is 0 Å². The van der Waals surface area contributed by atoms with Crippen LogP contribution in [0.25, 0.3) is 0 Å². The Morgan fingerprint density at radius 1 is 1.24 bits per heavy atom. The fourth-order valence-electron chi connectivity index (χ4n) is 2.51. The maximum Gasteiger partial charge on any atom is 0.284 e. The van der Waals surface area contributed by atoms with E-state index in [1.807, 2.05) is 6.92 Å². The van der Waals surface area contributed by atoms with Crippen molar-refractivity contribution in [2.75, 3.05) is 19.6 Å². The van der Waals surface area contributed by atoms with Gasteiger partial charge in [-0.15, -0.1) is 24.0 Å². The van der Waals surface area contributed by atoms with E-state index >= 15 is 0 Å². The molecule has 1 aromatic heterocycles. The van der Waals surface area contributed by atoms with Crippen molar-refractivity contribution < 1.29 is 9.21 Å². The second kappa shape index (κ2) is 12.1. The number of amides is 1. The van der Waals surface area contributed by atoms with Crippen molar-refractivity contribution in [3.8, 4) is 0 Å². The molecule has 1 rings (SSSR count). The summed E-state index contributed by atoms with van der Waals surface area (Å²) in [6.45, 7) is 13.7.